The third-order valence-electron chi connectivity index (χ3n) is 2.89. The smallest absolute Gasteiger partial charge is 0.337 e. The molecule has 0 saturated carbocycles. The number of carbonyl (C=O) groups is 1. The first-order valence-electron chi connectivity index (χ1n) is 6.02. The number of hydrogen-bond acceptors (Lipinski definition) is 3. The van der Waals surface area contributed by atoms with Crippen molar-refractivity contribution in [3.05, 3.63) is 59.2 Å². The van der Waals surface area contributed by atoms with Crippen LogP contribution in [0.5, 0.6) is 0 Å². The van der Waals surface area contributed by atoms with Crippen LogP contribution in [0.4, 0.5) is 14.5 Å². The van der Waals surface area contributed by atoms with Crippen molar-refractivity contribution in [1.82, 2.24) is 0 Å². The molecule has 2 aromatic rings. The molecule has 0 aromatic heterocycles. The number of nitrogens with one attached hydrogen (secondary N) is 1. The van der Waals surface area contributed by atoms with Crippen LogP contribution in [0.15, 0.2) is 41.3 Å². The van der Waals surface area contributed by atoms with E-state index in [0.717, 1.165) is 0 Å². The summed E-state index contributed by atoms with van der Waals surface area (Å²) in [5, 5.41) is 9.09. The van der Waals surface area contributed by atoms with Crippen molar-refractivity contribution >= 4 is 21.7 Å². The average molecular weight is 327 g/mol. The van der Waals surface area contributed by atoms with Crippen molar-refractivity contribution in [2.24, 2.45) is 0 Å². The SMILES string of the molecule is Cc1cccc(C(=O)O)c1NS(=O)(=O)c1cc(F)cc(F)c1. The third kappa shape index (κ3) is 3.22. The van der Waals surface area contributed by atoms with Gasteiger partial charge >= 0.3 is 5.97 Å². The van der Waals surface area contributed by atoms with Crippen molar-refractivity contribution in [3.8, 4) is 0 Å². The minimum Gasteiger partial charge on any atom is -0.478 e. The number of carboxylic acids is 1. The molecule has 0 spiro atoms. The lowest BCUT2D eigenvalue weighted by Crippen LogP contribution is -2.17. The van der Waals surface area contributed by atoms with Crippen LogP contribution in [-0.2, 0) is 10.0 Å². The summed E-state index contributed by atoms with van der Waals surface area (Å²) in [5.74, 6) is -3.43. The maximum Gasteiger partial charge on any atom is 0.337 e. The molecule has 5 nitrogen and oxygen atoms in total. The summed E-state index contributed by atoms with van der Waals surface area (Å²) in [6.45, 7) is 1.51. The van der Waals surface area contributed by atoms with Gasteiger partial charge in [0.2, 0.25) is 0 Å². The normalized spacial score (nSPS) is 11.2. The Morgan fingerprint density at radius 2 is 1.73 bits per heavy atom. The lowest BCUT2D eigenvalue weighted by molar-refractivity contribution is 0.0698. The minimum absolute atomic E-state index is 0.153. The number of sulfonamides is 1. The number of benzene rings is 2. The highest BCUT2D eigenvalue weighted by Gasteiger charge is 2.21. The predicted octanol–water partition coefficient (Wildman–Crippen LogP) is 2.77. The summed E-state index contributed by atoms with van der Waals surface area (Å²) in [6.07, 6.45) is 0. The van der Waals surface area contributed by atoms with Crippen LogP contribution < -0.4 is 4.72 Å². The highest BCUT2D eigenvalue weighted by Crippen LogP contribution is 2.25. The Balaban J connectivity index is 2.52. The number of rotatable bonds is 4. The Kier molecular flexibility index (Phi) is 4.14. The molecule has 2 N–H and O–H groups in total. The van der Waals surface area contributed by atoms with E-state index in [1.807, 2.05) is 0 Å². The van der Waals surface area contributed by atoms with Crippen molar-refractivity contribution in [2.75, 3.05) is 4.72 Å². The number of aromatic carboxylic acids is 1. The van der Waals surface area contributed by atoms with Crippen LogP contribution in [-0.4, -0.2) is 19.5 Å². The Hall–Kier alpha value is -2.48. The number of hydrogen-bond donors (Lipinski definition) is 2. The molecule has 2 aromatic carbocycles. The summed E-state index contributed by atoms with van der Waals surface area (Å²) in [6, 6.07) is 6.01. The Morgan fingerprint density at radius 1 is 1.14 bits per heavy atom. The first-order valence-corrected chi connectivity index (χ1v) is 7.51. The molecule has 0 aliphatic rings. The molecule has 0 saturated heterocycles. The molecule has 22 heavy (non-hydrogen) atoms. The van der Waals surface area contributed by atoms with Gasteiger partial charge in [-0.2, -0.15) is 0 Å². The van der Waals surface area contributed by atoms with Crippen LogP contribution in [0, 0.1) is 18.6 Å². The quantitative estimate of drug-likeness (QED) is 0.904. The van der Waals surface area contributed by atoms with Gasteiger partial charge in [0.15, 0.2) is 0 Å². The van der Waals surface area contributed by atoms with Gasteiger partial charge in [-0.05, 0) is 30.7 Å². The standard InChI is InChI=1S/C14H11F2NO4S/c1-8-3-2-4-12(14(18)19)13(8)17-22(20,21)11-6-9(15)5-10(16)7-11/h2-7,17H,1H3,(H,18,19). The zero-order valence-corrected chi connectivity index (χ0v) is 12.1. The molecule has 0 bridgehead atoms. The van der Waals surface area contributed by atoms with Gasteiger partial charge in [0, 0.05) is 6.07 Å². The first-order chi connectivity index (χ1) is 10.2. The molecule has 0 unspecified atom stereocenters. The van der Waals surface area contributed by atoms with Crippen LogP contribution in [0.1, 0.15) is 15.9 Å². The topological polar surface area (TPSA) is 83.5 Å². The van der Waals surface area contributed by atoms with E-state index in [1.165, 1.54) is 25.1 Å². The summed E-state index contributed by atoms with van der Waals surface area (Å²) in [4.78, 5) is 10.5. The number of aryl methyl sites for hydroxylation is 1. The molecule has 0 amide bonds. The fourth-order valence-electron chi connectivity index (χ4n) is 1.86. The van der Waals surface area contributed by atoms with Gasteiger partial charge in [-0.3, -0.25) is 4.72 Å². The van der Waals surface area contributed by atoms with Crippen molar-refractivity contribution in [3.63, 3.8) is 0 Å². The van der Waals surface area contributed by atoms with Gasteiger partial charge in [0.05, 0.1) is 16.1 Å². The Morgan fingerprint density at radius 3 is 2.27 bits per heavy atom. The molecular weight excluding hydrogens is 316 g/mol. The lowest BCUT2D eigenvalue weighted by atomic mass is 10.1. The minimum atomic E-state index is -4.33. The van der Waals surface area contributed by atoms with Gasteiger partial charge in [-0.1, -0.05) is 12.1 Å². The molecular formula is C14H11F2NO4S. The van der Waals surface area contributed by atoms with Gasteiger partial charge in [-0.15, -0.1) is 0 Å². The fraction of sp³-hybridized carbons (Fsp3) is 0.0714. The number of halogens is 2. The van der Waals surface area contributed by atoms with Crippen LogP contribution >= 0.6 is 0 Å². The monoisotopic (exact) mass is 327 g/mol. The number of para-hydroxylation sites is 1. The summed E-state index contributed by atoms with van der Waals surface area (Å²) in [7, 11) is -4.33. The molecule has 2 rings (SSSR count). The fourth-order valence-corrected chi connectivity index (χ4v) is 3.05. The van der Waals surface area contributed by atoms with Crippen molar-refractivity contribution in [2.45, 2.75) is 11.8 Å². The Labute approximate surface area is 125 Å². The maximum absolute atomic E-state index is 13.2. The lowest BCUT2D eigenvalue weighted by Gasteiger charge is -2.13. The largest absolute Gasteiger partial charge is 0.478 e. The van der Waals surface area contributed by atoms with E-state index in [2.05, 4.69) is 4.72 Å². The maximum atomic E-state index is 13.2. The summed E-state index contributed by atoms with van der Waals surface area (Å²) in [5.41, 5.74) is -0.0551. The van der Waals surface area contributed by atoms with E-state index in [1.54, 1.807) is 0 Å². The summed E-state index contributed by atoms with van der Waals surface area (Å²) < 4.78 is 52.8. The van der Waals surface area contributed by atoms with Crippen molar-refractivity contribution in [1.29, 1.82) is 0 Å². The van der Waals surface area contributed by atoms with E-state index in [9.17, 15) is 22.0 Å². The van der Waals surface area contributed by atoms with E-state index >= 15 is 0 Å². The van der Waals surface area contributed by atoms with E-state index < -0.39 is 32.5 Å². The molecule has 0 aliphatic carbocycles. The van der Waals surface area contributed by atoms with Crippen molar-refractivity contribution < 1.29 is 27.1 Å². The van der Waals surface area contributed by atoms with Crippen LogP contribution in [0.25, 0.3) is 0 Å². The molecule has 0 aliphatic heterocycles. The van der Waals surface area contributed by atoms with Crippen LogP contribution in [0.2, 0.25) is 0 Å². The highest BCUT2D eigenvalue weighted by molar-refractivity contribution is 7.92. The predicted molar refractivity (Wildman–Crippen MR) is 75.3 cm³/mol. The molecule has 0 atom stereocenters. The molecule has 8 heteroatoms. The van der Waals surface area contributed by atoms with Gasteiger partial charge in [-0.25, -0.2) is 22.0 Å². The van der Waals surface area contributed by atoms with Crippen LogP contribution in [0.3, 0.4) is 0 Å². The van der Waals surface area contributed by atoms with Gasteiger partial charge in [0.25, 0.3) is 10.0 Å². The number of carboxylic acid groups (broad SMARTS) is 1. The second-order valence-electron chi connectivity index (χ2n) is 4.51. The highest BCUT2D eigenvalue weighted by atomic mass is 32.2. The zero-order valence-electron chi connectivity index (χ0n) is 11.3. The van der Waals surface area contributed by atoms with Gasteiger partial charge in [0.1, 0.15) is 11.6 Å². The number of anilines is 1. The Bertz CT molecular complexity index is 830. The van der Waals surface area contributed by atoms with E-state index in [4.69, 9.17) is 5.11 Å². The average Bonchev–Trinajstić information content (AvgIpc) is 2.39. The van der Waals surface area contributed by atoms with E-state index in [-0.39, 0.29) is 11.3 Å². The zero-order chi connectivity index (χ0) is 16.5. The first kappa shape index (κ1) is 15.9. The van der Waals surface area contributed by atoms with Gasteiger partial charge < -0.3 is 5.11 Å². The molecule has 116 valence electrons. The molecule has 0 radical (unpaired) electrons. The molecule has 0 fully saturated rings. The molecule has 0 heterocycles. The second kappa shape index (κ2) is 5.72. The van der Waals surface area contributed by atoms with E-state index in [0.29, 0.717) is 23.8 Å². The second-order valence-corrected chi connectivity index (χ2v) is 6.20. The third-order valence-corrected chi connectivity index (χ3v) is 4.22. The summed E-state index contributed by atoms with van der Waals surface area (Å²) >= 11 is 0.